The molecule has 0 fully saturated rings. The van der Waals surface area contributed by atoms with Crippen LogP contribution in [0, 0.1) is 5.82 Å². The number of esters is 1. The zero-order chi connectivity index (χ0) is 21.6. The van der Waals surface area contributed by atoms with E-state index in [4.69, 9.17) is 4.74 Å². The summed E-state index contributed by atoms with van der Waals surface area (Å²) >= 11 is 0. The molecule has 0 saturated heterocycles. The number of fused-ring (bicyclic) bond motifs is 1. The monoisotopic (exact) mass is 415 g/mol. The third-order valence-corrected chi connectivity index (χ3v) is 4.94. The smallest absolute Gasteiger partial charge is 0.311 e. The summed E-state index contributed by atoms with van der Waals surface area (Å²) in [5, 5.41) is 9.67. The molecule has 31 heavy (non-hydrogen) atoms. The second kappa shape index (κ2) is 9.34. The van der Waals surface area contributed by atoms with E-state index in [1.165, 1.54) is 12.1 Å². The van der Waals surface area contributed by atoms with E-state index in [1.54, 1.807) is 19.1 Å². The molecular formula is C25H22FN3O2. The number of para-hydroxylation sites is 1. The number of carbonyl (C=O) groups is 1. The summed E-state index contributed by atoms with van der Waals surface area (Å²) in [6, 6.07) is 23.7. The molecule has 0 aliphatic carbocycles. The normalized spacial score (nSPS) is 11.3. The van der Waals surface area contributed by atoms with Gasteiger partial charge in [0.25, 0.3) is 0 Å². The summed E-state index contributed by atoms with van der Waals surface area (Å²) in [7, 11) is 0. The molecule has 0 bridgehead atoms. The Balaban J connectivity index is 1.84. The zero-order valence-corrected chi connectivity index (χ0v) is 17.2. The highest BCUT2D eigenvalue weighted by atomic mass is 19.1. The Bertz CT molecular complexity index is 1210. The summed E-state index contributed by atoms with van der Waals surface area (Å²) in [5.74, 6) is -0.653. The van der Waals surface area contributed by atoms with E-state index in [0.29, 0.717) is 24.5 Å². The Morgan fingerprint density at radius 1 is 0.935 bits per heavy atom. The number of aromatic nitrogens is 1. The maximum absolute atomic E-state index is 13.2. The number of azo groups is 1. The summed E-state index contributed by atoms with van der Waals surface area (Å²) in [4.78, 5) is 12.4. The highest BCUT2D eigenvalue weighted by Gasteiger charge is 2.20. The van der Waals surface area contributed by atoms with Crippen LogP contribution in [0.15, 0.2) is 89.1 Å². The van der Waals surface area contributed by atoms with Gasteiger partial charge < -0.3 is 9.30 Å². The summed E-state index contributed by atoms with van der Waals surface area (Å²) < 4.78 is 20.5. The van der Waals surface area contributed by atoms with E-state index in [0.717, 1.165) is 22.2 Å². The van der Waals surface area contributed by atoms with Crippen LogP contribution in [0.4, 0.5) is 15.8 Å². The molecule has 6 heteroatoms. The molecule has 4 aromatic rings. The summed E-state index contributed by atoms with van der Waals surface area (Å²) in [5.41, 5.74) is 3.94. The lowest BCUT2D eigenvalue weighted by molar-refractivity contribution is -0.142. The van der Waals surface area contributed by atoms with Gasteiger partial charge in [0.05, 0.1) is 29.9 Å². The number of hydrogen-bond donors (Lipinski definition) is 0. The first kappa shape index (κ1) is 20.5. The van der Waals surface area contributed by atoms with Crippen LogP contribution < -0.4 is 0 Å². The number of hydrogen-bond acceptors (Lipinski definition) is 4. The molecule has 0 spiro atoms. The van der Waals surface area contributed by atoms with Crippen molar-refractivity contribution < 1.29 is 13.9 Å². The summed E-state index contributed by atoms with van der Waals surface area (Å²) in [6.45, 7) is 2.68. The fraction of sp³-hybridized carbons (Fsp3) is 0.160. The van der Waals surface area contributed by atoms with Crippen molar-refractivity contribution in [1.29, 1.82) is 0 Å². The van der Waals surface area contributed by atoms with Crippen LogP contribution in [0.5, 0.6) is 0 Å². The number of ether oxygens (including phenoxy) is 1. The maximum Gasteiger partial charge on any atom is 0.311 e. The van der Waals surface area contributed by atoms with Crippen molar-refractivity contribution in [3.05, 3.63) is 95.9 Å². The highest BCUT2D eigenvalue weighted by molar-refractivity contribution is 5.95. The zero-order valence-electron chi connectivity index (χ0n) is 17.2. The molecule has 4 rings (SSSR count). The van der Waals surface area contributed by atoms with Crippen molar-refractivity contribution in [2.75, 3.05) is 6.61 Å². The van der Waals surface area contributed by atoms with Crippen molar-refractivity contribution in [2.45, 2.75) is 19.9 Å². The minimum absolute atomic E-state index is 0.0765. The minimum atomic E-state index is -0.332. The van der Waals surface area contributed by atoms with Gasteiger partial charge in [-0.3, -0.25) is 4.79 Å². The molecular weight excluding hydrogens is 393 g/mol. The first-order chi connectivity index (χ1) is 15.2. The average molecular weight is 415 g/mol. The van der Waals surface area contributed by atoms with Gasteiger partial charge in [0.1, 0.15) is 11.5 Å². The van der Waals surface area contributed by atoms with E-state index in [2.05, 4.69) is 14.8 Å². The van der Waals surface area contributed by atoms with E-state index in [-0.39, 0.29) is 18.2 Å². The molecule has 0 radical (unpaired) electrons. The molecule has 3 aromatic carbocycles. The first-order valence-electron chi connectivity index (χ1n) is 10.1. The standard InChI is InChI=1S/C25H22FN3O2/c1-2-31-24(30)16-23-25(28-27-20-14-12-19(26)13-15-20)21-10-6-7-11-22(21)29(23)17-18-8-4-3-5-9-18/h3-15H,2,16-17H2,1H3. The van der Waals surface area contributed by atoms with Crippen molar-refractivity contribution >= 4 is 28.2 Å². The third-order valence-electron chi connectivity index (χ3n) is 4.94. The Labute approximate surface area is 179 Å². The van der Waals surface area contributed by atoms with Gasteiger partial charge in [-0.15, -0.1) is 5.11 Å². The molecule has 5 nitrogen and oxygen atoms in total. The van der Waals surface area contributed by atoms with Gasteiger partial charge in [-0.25, -0.2) is 4.39 Å². The van der Waals surface area contributed by atoms with Crippen molar-refractivity contribution in [3.63, 3.8) is 0 Å². The first-order valence-corrected chi connectivity index (χ1v) is 10.1. The quantitative estimate of drug-likeness (QED) is 0.261. The Morgan fingerprint density at radius 2 is 1.65 bits per heavy atom. The largest absolute Gasteiger partial charge is 0.466 e. The van der Waals surface area contributed by atoms with Gasteiger partial charge >= 0.3 is 5.97 Å². The minimum Gasteiger partial charge on any atom is -0.466 e. The fourth-order valence-electron chi connectivity index (χ4n) is 3.54. The van der Waals surface area contributed by atoms with Gasteiger partial charge in [-0.2, -0.15) is 5.11 Å². The molecule has 1 heterocycles. The lowest BCUT2D eigenvalue weighted by atomic mass is 10.2. The number of benzene rings is 3. The average Bonchev–Trinajstić information content (AvgIpc) is 3.07. The molecule has 0 N–H and O–H groups in total. The molecule has 0 unspecified atom stereocenters. The van der Waals surface area contributed by atoms with Crippen LogP contribution >= 0.6 is 0 Å². The number of halogens is 1. The number of rotatable bonds is 7. The van der Waals surface area contributed by atoms with Gasteiger partial charge in [-0.05, 0) is 42.8 Å². The van der Waals surface area contributed by atoms with Gasteiger partial charge in [-0.1, -0.05) is 48.5 Å². The molecule has 0 amide bonds. The Hall–Kier alpha value is -3.80. The van der Waals surface area contributed by atoms with Crippen molar-refractivity contribution in [3.8, 4) is 0 Å². The topological polar surface area (TPSA) is 55.9 Å². The van der Waals surface area contributed by atoms with Gasteiger partial charge in [0, 0.05) is 11.9 Å². The van der Waals surface area contributed by atoms with Crippen LogP contribution in [-0.2, 0) is 22.5 Å². The van der Waals surface area contributed by atoms with Crippen LogP contribution in [0.1, 0.15) is 18.2 Å². The Kier molecular flexibility index (Phi) is 6.17. The van der Waals surface area contributed by atoms with Crippen LogP contribution in [-0.4, -0.2) is 17.1 Å². The van der Waals surface area contributed by atoms with E-state index >= 15 is 0 Å². The summed E-state index contributed by atoms with van der Waals surface area (Å²) in [6.07, 6.45) is 0.0765. The van der Waals surface area contributed by atoms with Crippen LogP contribution in [0.2, 0.25) is 0 Å². The van der Waals surface area contributed by atoms with Gasteiger partial charge in [0.15, 0.2) is 0 Å². The predicted octanol–water partition coefficient (Wildman–Crippen LogP) is 6.35. The predicted molar refractivity (Wildman–Crippen MR) is 118 cm³/mol. The van der Waals surface area contributed by atoms with Gasteiger partial charge in [0.2, 0.25) is 0 Å². The number of nitrogens with zero attached hydrogens (tertiary/aromatic N) is 3. The van der Waals surface area contributed by atoms with E-state index in [9.17, 15) is 9.18 Å². The SMILES string of the molecule is CCOC(=O)Cc1c(N=Nc2ccc(F)cc2)c2ccccc2n1Cc1ccccc1. The molecule has 156 valence electrons. The maximum atomic E-state index is 13.2. The Morgan fingerprint density at radius 3 is 2.39 bits per heavy atom. The molecule has 0 atom stereocenters. The lowest BCUT2D eigenvalue weighted by Gasteiger charge is -2.11. The third kappa shape index (κ3) is 4.69. The van der Waals surface area contributed by atoms with E-state index < -0.39 is 0 Å². The molecule has 0 saturated carbocycles. The van der Waals surface area contributed by atoms with Crippen molar-refractivity contribution in [2.24, 2.45) is 10.2 Å². The molecule has 0 aliphatic rings. The van der Waals surface area contributed by atoms with Crippen LogP contribution in [0.3, 0.4) is 0 Å². The van der Waals surface area contributed by atoms with Crippen LogP contribution in [0.25, 0.3) is 10.9 Å². The second-order valence-corrected chi connectivity index (χ2v) is 7.04. The highest BCUT2D eigenvalue weighted by Crippen LogP contribution is 2.36. The lowest BCUT2D eigenvalue weighted by Crippen LogP contribution is -2.12. The van der Waals surface area contributed by atoms with E-state index in [1.807, 2.05) is 54.6 Å². The van der Waals surface area contributed by atoms with Crippen molar-refractivity contribution in [1.82, 2.24) is 4.57 Å². The fourth-order valence-corrected chi connectivity index (χ4v) is 3.54. The second-order valence-electron chi connectivity index (χ2n) is 7.04. The number of carbonyl (C=O) groups excluding carboxylic acids is 1. The molecule has 1 aromatic heterocycles. The molecule has 0 aliphatic heterocycles.